The second-order valence-corrected chi connectivity index (χ2v) is 7.26. The molecule has 0 aliphatic heterocycles. The van der Waals surface area contributed by atoms with Crippen molar-refractivity contribution in [2.45, 2.75) is 4.90 Å². The number of nitrogens with zero attached hydrogens (tertiary/aromatic N) is 2. The molecule has 0 amide bonds. The Balaban J connectivity index is 1.99. The summed E-state index contributed by atoms with van der Waals surface area (Å²) >= 11 is 1.68. The lowest BCUT2D eigenvalue weighted by Crippen LogP contribution is -1.94. The number of thioether (sulfide) groups is 1. The summed E-state index contributed by atoms with van der Waals surface area (Å²) in [6.07, 6.45) is 3.91. The minimum Gasteiger partial charge on any atom is -0.507 e. The van der Waals surface area contributed by atoms with Crippen molar-refractivity contribution in [3.63, 3.8) is 0 Å². The third-order valence-electron chi connectivity index (χ3n) is 4.77. The number of furan rings is 1. The van der Waals surface area contributed by atoms with Gasteiger partial charge < -0.3 is 14.6 Å². The van der Waals surface area contributed by atoms with Crippen LogP contribution in [0.3, 0.4) is 0 Å². The number of hydrogen-bond donors (Lipinski definition) is 2. The summed E-state index contributed by atoms with van der Waals surface area (Å²) in [4.78, 5) is 17.7. The minimum atomic E-state index is -0.303. The van der Waals surface area contributed by atoms with Crippen molar-refractivity contribution in [3.8, 4) is 16.9 Å². The molecule has 3 aromatic heterocycles. The van der Waals surface area contributed by atoms with Crippen molar-refractivity contribution in [1.29, 1.82) is 0 Å². The van der Waals surface area contributed by atoms with Crippen molar-refractivity contribution in [2.24, 2.45) is 7.05 Å². The average molecular weight is 377 g/mol. The second-order valence-electron chi connectivity index (χ2n) is 6.38. The van der Waals surface area contributed by atoms with Crippen LogP contribution in [0.5, 0.6) is 5.75 Å². The number of benzene rings is 2. The number of aryl methyl sites for hydroxylation is 1. The summed E-state index contributed by atoms with van der Waals surface area (Å²) in [6, 6.07) is 10.8. The first-order valence-corrected chi connectivity index (χ1v) is 9.57. The number of rotatable bonds is 2. The highest BCUT2D eigenvalue weighted by Crippen LogP contribution is 2.41. The van der Waals surface area contributed by atoms with E-state index in [9.17, 15) is 9.90 Å². The fourth-order valence-corrected chi connectivity index (χ4v) is 3.91. The Morgan fingerprint density at radius 3 is 2.74 bits per heavy atom. The van der Waals surface area contributed by atoms with Gasteiger partial charge in [-0.2, -0.15) is 0 Å². The first-order chi connectivity index (χ1) is 13.1. The molecule has 0 bridgehead atoms. The number of aromatic hydroxyl groups is 1. The summed E-state index contributed by atoms with van der Waals surface area (Å²) in [5.41, 5.74) is 3.71. The van der Waals surface area contributed by atoms with Crippen LogP contribution in [0.1, 0.15) is 0 Å². The first kappa shape index (κ1) is 16.0. The van der Waals surface area contributed by atoms with E-state index in [1.54, 1.807) is 11.8 Å². The first-order valence-electron chi connectivity index (χ1n) is 8.34. The Morgan fingerprint density at radius 1 is 1.22 bits per heavy atom. The van der Waals surface area contributed by atoms with Crippen LogP contribution < -0.4 is 5.43 Å². The number of hydrogen-bond acceptors (Lipinski definition) is 5. The Hall–Kier alpha value is -3.19. The Kier molecular flexibility index (Phi) is 3.35. The lowest BCUT2D eigenvalue weighted by Gasteiger charge is -2.06. The lowest BCUT2D eigenvalue weighted by atomic mass is 10.0. The normalized spacial score (nSPS) is 11.8. The van der Waals surface area contributed by atoms with Crippen LogP contribution in [0.15, 0.2) is 56.7 Å². The standard InChI is InChI=1S/C20H15N3O3S/c1-23-20-13(9-21-23)16(10-3-5-12(27-2)6-4-10)19-18(22-20)17-14(25)7-11(24)8-15(17)26-19/h3-9,21,25H,1-2H3. The minimum absolute atomic E-state index is 0.120. The van der Waals surface area contributed by atoms with Gasteiger partial charge in [0.25, 0.3) is 0 Å². The van der Waals surface area contributed by atoms with Crippen LogP contribution in [0.4, 0.5) is 0 Å². The number of pyridine rings is 1. The Morgan fingerprint density at radius 2 is 2.00 bits per heavy atom. The van der Waals surface area contributed by atoms with Gasteiger partial charge in [-0.1, -0.05) is 12.1 Å². The number of fused-ring (bicyclic) bond motifs is 4. The molecule has 27 heavy (non-hydrogen) atoms. The molecule has 0 aliphatic carbocycles. The molecule has 0 spiro atoms. The summed E-state index contributed by atoms with van der Waals surface area (Å²) in [5, 5.41) is 14.8. The van der Waals surface area contributed by atoms with E-state index in [2.05, 4.69) is 17.2 Å². The monoisotopic (exact) mass is 377 g/mol. The lowest BCUT2D eigenvalue weighted by molar-refractivity contribution is 0.481. The summed E-state index contributed by atoms with van der Waals surface area (Å²) in [7, 11) is 1.87. The molecule has 5 aromatic rings. The SMILES string of the molecule is CSc1ccc(-c2c3c[nH]n(C)c3nc3c2oc2cc(=O)cc(O)c23)cc1. The second kappa shape index (κ2) is 5.65. The fraction of sp³-hybridized carbons (Fsp3) is 0.100. The van der Waals surface area contributed by atoms with E-state index in [-0.39, 0.29) is 11.2 Å². The van der Waals surface area contributed by atoms with Gasteiger partial charge in [0.15, 0.2) is 16.7 Å². The highest BCUT2D eigenvalue weighted by Gasteiger charge is 2.21. The van der Waals surface area contributed by atoms with E-state index >= 15 is 0 Å². The van der Waals surface area contributed by atoms with Crippen molar-refractivity contribution in [1.82, 2.24) is 14.8 Å². The van der Waals surface area contributed by atoms with Gasteiger partial charge in [-0.15, -0.1) is 11.8 Å². The van der Waals surface area contributed by atoms with E-state index in [4.69, 9.17) is 9.40 Å². The number of nitrogens with one attached hydrogen (secondary N) is 1. The van der Waals surface area contributed by atoms with Gasteiger partial charge in [-0.3, -0.25) is 9.48 Å². The highest BCUT2D eigenvalue weighted by molar-refractivity contribution is 7.98. The van der Waals surface area contributed by atoms with Gasteiger partial charge in [-0.25, -0.2) is 4.98 Å². The molecular weight excluding hydrogens is 362 g/mol. The highest BCUT2D eigenvalue weighted by atomic mass is 32.2. The average Bonchev–Trinajstić information content (AvgIpc) is 3.20. The van der Waals surface area contributed by atoms with Gasteiger partial charge >= 0.3 is 0 Å². The molecule has 0 saturated heterocycles. The molecule has 6 nitrogen and oxygen atoms in total. The quantitative estimate of drug-likeness (QED) is 0.449. The molecule has 0 atom stereocenters. The number of aromatic nitrogens is 3. The van der Waals surface area contributed by atoms with Crippen LogP contribution in [0.25, 0.3) is 44.2 Å². The number of aromatic amines is 1. The topological polar surface area (TPSA) is 84.0 Å². The number of phenolic OH excluding ortho intramolecular Hbond substituents is 1. The summed E-state index contributed by atoms with van der Waals surface area (Å²) in [5.74, 6) is -0.120. The van der Waals surface area contributed by atoms with Crippen molar-refractivity contribution < 1.29 is 9.52 Å². The summed E-state index contributed by atoms with van der Waals surface area (Å²) < 4.78 is 7.83. The Labute approximate surface area is 157 Å². The maximum atomic E-state index is 11.8. The van der Waals surface area contributed by atoms with Crippen molar-refractivity contribution >= 4 is 44.9 Å². The van der Waals surface area contributed by atoms with Gasteiger partial charge in [-0.05, 0) is 24.0 Å². The molecular formula is C20H15N3O3S. The fourth-order valence-electron chi connectivity index (χ4n) is 3.50. The van der Waals surface area contributed by atoms with Crippen molar-refractivity contribution in [3.05, 3.63) is 52.8 Å². The zero-order valence-electron chi connectivity index (χ0n) is 14.6. The van der Waals surface area contributed by atoms with Crippen LogP contribution in [-0.2, 0) is 7.05 Å². The van der Waals surface area contributed by atoms with Crippen LogP contribution >= 0.6 is 11.8 Å². The predicted molar refractivity (Wildman–Crippen MR) is 107 cm³/mol. The molecule has 0 aliphatic rings. The van der Waals surface area contributed by atoms with E-state index in [1.165, 1.54) is 12.1 Å². The van der Waals surface area contributed by atoms with Crippen LogP contribution in [0.2, 0.25) is 0 Å². The van der Waals surface area contributed by atoms with E-state index in [0.717, 1.165) is 27.1 Å². The van der Waals surface area contributed by atoms with Gasteiger partial charge in [0.2, 0.25) is 0 Å². The molecule has 0 radical (unpaired) electrons. The molecule has 3 heterocycles. The maximum absolute atomic E-state index is 11.8. The van der Waals surface area contributed by atoms with Crippen LogP contribution in [-0.4, -0.2) is 26.1 Å². The zero-order chi connectivity index (χ0) is 18.7. The molecule has 2 aromatic carbocycles. The zero-order valence-corrected chi connectivity index (χ0v) is 15.4. The van der Waals surface area contributed by atoms with Gasteiger partial charge in [0, 0.05) is 41.2 Å². The van der Waals surface area contributed by atoms with Gasteiger partial charge in [0.05, 0.1) is 5.39 Å². The molecule has 134 valence electrons. The molecule has 0 unspecified atom stereocenters. The largest absolute Gasteiger partial charge is 0.507 e. The molecule has 0 fully saturated rings. The molecule has 7 heteroatoms. The smallest absolute Gasteiger partial charge is 0.186 e. The third-order valence-corrected chi connectivity index (χ3v) is 5.52. The van der Waals surface area contributed by atoms with Gasteiger partial charge in [0.1, 0.15) is 16.8 Å². The van der Waals surface area contributed by atoms with E-state index in [1.807, 2.05) is 36.3 Å². The van der Waals surface area contributed by atoms with Crippen LogP contribution in [0, 0.1) is 0 Å². The molecule has 0 saturated carbocycles. The third kappa shape index (κ3) is 2.28. The number of phenols is 1. The summed E-state index contributed by atoms with van der Waals surface area (Å²) in [6.45, 7) is 0. The Bertz CT molecular complexity index is 1390. The van der Waals surface area contributed by atoms with E-state index in [0.29, 0.717) is 22.1 Å². The van der Waals surface area contributed by atoms with Crippen molar-refractivity contribution in [2.75, 3.05) is 6.26 Å². The maximum Gasteiger partial charge on any atom is 0.186 e. The van der Waals surface area contributed by atoms with E-state index < -0.39 is 0 Å². The molecule has 5 rings (SSSR count). The predicted octanol–water partition coefficient (Wildman–Crippen LogP) is 4.26. The molecule has 2 N–H and O–H groups in total. The number of H-pyrrole nitrogens is 1.